The summed E-state index contributed by atoms with van der Waals surface area (Å²) in [6, 6.07) is 4.55. The first kappa shape index (κ1) is 13.3. The van der Waals surface area contributed by atoms with Crippen molar-refractivity contribution in [1.82, 2.24) is 10.2 Å². The van der Waals surface area contributed by atoms with E-state index in [4.69, 9.17) is 0 Å². The quantitative estimate of drug-likeness (QED) is 0.895. The summed E-state index contributed by atoms with van der Waals surface area (Å²) in [5.74, 6) is 0.977. The molecule has 1 saturated heterocycles. The Bertz CT molecular complexity index is 455. The summed E-state index contributed by atoms with van der Waals surface area (Å²) in [6.45, 7) is 4.90. The summed E-state index contributed by atoms with van der Waals surface area (Å²) in [5, 5.41) is 6.21. The van der Waals surface area contributed by atoms with Gasteiger partial charge < -0.3 is 5.32 Å². The molecule has 2 nitrogen and oxygen atoms in total. The molecule has 4 atom stereocenters. The zero-order valence-electron chi connectivity index (χ0n) is 12.5. The van der Waals surface area contributed by atoms with Crippen molar-refractivity contribution >= 4 is 11.3 Å². The summed E-state index contributed by atoms with van der Waals surface area (Å²) < 4.78 is 0. The normalized spacial score (nSPS) is 37.6. The Hall–Kier alpha value is -0.380. The molecule has 110 valence electrons. The van der Waals surface area contributed by atoms with Gasteiger partial charge in [0.15, 0.2) is 0 Å². The van der Waals surface area contributed by atoms with E-state index >= 15 is 0 Å². The van der Waals surface area contributed by atoms with E-state index in [0.29, 0.717) is 6.04 Å². The number of thiophene rings is 1. The first-order valence-corrected chi connectivity index (χ1v) is 9.25. The van der Waals surface area contributed by atoms with Crippen molar-refractivity contribution in [2.45, 2.75) is 63.6 Å². The van der Waals surface area contributed by atoms with Gasteiger partial charge in [-0.25, -0.2) is 0 Å². The smallest absolute Gasteiger partial charge is 0.0331 e. The molecule has 0 radical (unpaired) electrons. The minimum Gasteiger partial charge on any atom is -0.310 e. The lowest BCUT2D eigenvalue weighted by atomic mass is 9.85. The van der Waals surface area contributed by atoms with E-state index in [1.165, 1.54) is 51.6 Å². The average Bonchev–Trinajstić information content (AvgIpc) is 3.08. The predicted octanol–water partition coefficient (Wildman–Crippen LogP) is 3.59. The Labute approximate surface area is 126 Å². The summed E-state index contributed by atoms with van der Waals surface area (Å²) >= 11 is 1.95. The van der Waals surface area contributed by atoms with E-state index in [1.54, 1.807) is 10.4 Å². The molecule has 0 aromatic carbocycles. The Morgan fingerprint density at radius 1 is 1.35 bits per heavy atom. The van der Waals surface area contributed by atoms with E-state index in [0.717, 1.165) is 18.0 Å². The van der Waals surface area contributed by atoms with E-state index in [1.807, 2.05) is 11.3 Å². The van der Waals surface area contributed by atoms with Gasteiger partial charge >= 0.3 is 0 Å². The van der Waals surface area contributed by atoms with Crippen LogP contribution in [-0.4, -0.2) is 30.1 Å². The van der Waals surface area contributed by atoms with Crippen LogP contribution in [0.15, 0.2) is 11.4 Å². The maximum atomic E-state index is 3.94. The van der Waals surface area contributed by atoms with Gasteiger partial charge in [-0.15, -0.1) is 11.3 Å². The second kappa shape index (κ2) is 5.43. The lowest BCUT2D eigenvalue weighted by molar-refractivity contribution is 0.181. The summed E-state index contributed by atoms with van der Waals surface area (Å²) in [7, 11) is 0. The summed E-state index contributed by atoms with van der Waals surface area (Å²) in [5.41, 5.74) is 1.59. The van der Waals surface area contributed by atoms with E-state index < -0.39 is 0 Å². The van der Waals surface area contributed by atoms with Gasteiger partial charge in [-0.05, 0) is 55.5 Å². The minimum absolute atomic E-state index is 0.620. The second-order valence-electron chi connectivity index (χ2n) is 6.97. The number of nitrogens with zero attached hydrogens (tertiary/aromatic N) is 1. The number of fused-ring (bicyclic) bond motifs is 2. The zero-order valence-corrected chi connectivity index (χ0v) is 13.3. The third kappa shape index (κ3) is 2.34. The zero-order chi connectivity index (χ0) is 13.5. The van der Waals surface area contributed by atoms with E-state index in [-0.39, 0.29) is 0 Å². The number of nitrogens with one attached hydrogen (secondary N) is 1. The molecule has 1 aromatic heterocycles. The van der Waals surface area contributed by atoms with Crippen molar-refractivity contribution < 1.29 is 0 Å². The van der Waals surface area contributed by atoms with Crippen LogP contribution in [0.3, 0.4) is 0 Å². The van der Waals surface area contributed by atoms with Crippen molar-refractivity contribution in [3.63, 3.8) is 0 Å². The molecule has 1 N–H and O–H groups in total. The number of rotatable bonds is 2. The highest BCUT2D eigenvalue weighted by Crippen LogP contribution is 2.36. The fourth-order valence-electron chi connectivity index (χ4n) is 4.67. The lowest BCUT2D eigenvalue weighted by Crippen LogP contribution is -2.43. The predicted molar refractivity (Wildman–Crippen MR) is 85.3 cm³/mol. The first-order chi connectivity index (χ1) is 9.81. The molecule has 1 aliphatic carbocycles. The molecule has 0 amide bonds. The molecule has 4 unspecified atom stereocenters. The molecule has 2 aliphatic heterocycles. The largest absolute Gasteiger partial charge is 0.310 e. The molecule has 3 aliphatic rings. The maximum absolute atomic E-state index is 3.94. The number of hydrogen-bond donors (Lipinski definition) is 1. The highest BCUT2D eigenvalue weighted by atomic mass is 32.1. The third-order valence-corrected chi connectivity index (χ3v) is 6.80. The van der Waals surface area contributed by atoms with Gasteiger partial charge in [-0.1, -0.05) is 12.8 Å². The first-order valence-electron chi connectivity index (χ1n) is 8.37. The van der Waals surface area contributed by atoms with Crippen LogP contribution in [0.2, 0.25) is 0 Å². The highest BCUT2D eigenvalue weighted by Gasteiger charge is 2.36. The van der Waals surface area contributed by atoms with Crippen LogP contribution >= 0.6 is 11.3 Å². The van der Waals surface area contributed by atoms with Crippen LogP contribution in [0.4, 0.5) is 0 Å². The molecule has 2 fully saturated rings. The lowest BCUT2D eigenvalue weighted by Gasteiger charge is -2.35. The molecule has 4 rings (SSSR count). The van der Waals surface area contributed by atoms with Gasteiger partial charge in [0.05, 0.1) is 0 Å². The van der Waals surface area contributed by atoms with E-state index in [9.17, 15) is 0 Å². The Morgan fingerprint density at radius 3 is 3.15 bits per heavy atom. The van der Waals surface area contributed by atoms with E-state index in [2.05, 4.69) is 28.6 Å². The SMILES string of the molecule is CC1c2ccsc2CCN1CC1CC2CCCCC2N1. The molecule has 1 saturated carbocycles. The van der Waals surface area contributed by atoms with Crippen molar-refractivity contribution in [3.8, 4) is 0 Å². The fourth-order valence-corrected chi connectivity index (χ4v) is 5.63. The Kier molecular flexibility index (Phi) is 3.61. The topological polar surface area (TPSA) is 15.3 Å². The molecule has 3 heteroatoms. The third-order valence-electron chi connectivity index (χ3n) is 5.80. The Morgan fingerprint density at radius 2 is 2.25 bits per heavy atom. The molecule has 3 heterocycles. The second-order valence-corrected chi connectivity index (χ2v) is 7.97. The average molecular weight is 290 g/mol. The molecular weight excluding hydrogens is 264 g/mol. The minimum atomic E-state index is 0.620. The summed E-state index contributed by atoms with van der Waals surface area (Å²) in [4.78, 5) is 4.34. The maximum Gasteiger partial charge on any atom is 0.0331 e. The molecular formula is C17H26N2S. The van der Waals surface area contributed by atoms with Crippen LogP contribution in [0, 0.1) is 5.92 Å². The van der Waals surface area contributed by atoms with Crippen LogP contribution < -0.4 is 5.32 Å². The van der Waals surface area contributed by atoms with Gasteiger partial charge in [0, 0.05) is 36.1 Å². The monoisotopic (exact) mass is 290 g/mol. The summed E-state index contributed by atoms with van der Waals surface area (Å²) in [6.07, 6.45) is 8.48. The Balaban J connectivity index is 1.40. The van der Waals surface area contributed by atoms with Crippen LogP contribution in [0.25, 0.3) is 0 Å². The van der Waals surface area contributed by atoms with Crippen LogP contribution in [0.5, 0.6) is 0 Å². The van der Waals surface area contributed by atoms with Crippen molar-refractivity contribution in [1.29, 1.82) is 0 Å². The van der Waals surface area contributed by atoms with Crippen LogP contribution in [0.1, 0.15) is 55.5 Å². The standard InChI is InChI=1S/C17H26N2S/c1-12-15-7-9-20-17(15)6-8-19(12)11-14-10-13-4-2-3-5-16(13)18-14/h7,9,12-14,16,18H,2-6,8,10-11H2,1H3. The van der Waals surface area contributed by atoms with Crippen LogP contribution in [-0.2, 0) is 6.42 Å². The van der Waals surface area contributed by atoms with Gasteiger partial charge in [0.2, 0.25) is 0 Å². The van der Waals surface area contributed by atoms with Crippen molar-refractivity contribution in [3.05, 3.63) is 21.9 Å². The van der Waals surface area contributed by atoms with Gasteiger partial charge in [-0.2, -0.15) is 0 Å². The molecule has 0 bridgehead atoms. The molecule has 20 heavy (non-hydrogen) atoms. The van der Waals surface area contributed by atoms with Gasteiger partial charge in [0.1, 0.15) is 0 Å². The van der Waals surface area contributed by atoms with Gasteiger partial charge in [-0.3, -0.25) is 4.90 Å². The van der Waals surface area contributed by atoms with Crippen molar-refractivity contribution in [2.24, 2.45) is 5.92 Å². The molecule has 0 spiro atoms. The molecule has 1 aromatic rings. The van der Waals surface area contributed by atoms with Crippen molar-refractivity contribution in [2.75, 3.05) is 13.1 Å². The highest BCUT2D eigenvalue weighted by molar-refractivity contribution is 7.10. The van der Waals surface area contributed by atoms with Gasteiger partial charge in [0.25, 0.3) is 0 Å². The number of hydrogen-bond acceptors (Lipinski definition) is 3. The fraction of sp³-hybridized carbons (Fsp3) is 0.765.